The second-order valence-electron chi connectivity index (χ2n) is 6.86. The van der Waals surface area contributed by atoms with Gasteiger partial charge < -0.3 is 21.2 Å². The van der Waals surface area contributed by atoms with Crippen LogP contribution in [0.1, 0.15) is 35.4 Å². The average molecular weight is 390 g/mol. The molecule has 4 rings (SSSR count). The summed E-state index contributed by atoms with van der Waals surface area (Å²) in [5.74, 6) is 5.22. The zero-order valence-electron chi connectivity index (χ0n) is 14.4. The van der Waals surface area contributed by atoms with Crippen molar-refractivity contribution < 1.29 is 15.3 Å². The summed E-state index contributed by atoms with van der Waals surface area (Å²) in [6.45, 7) is 0. The quantitative estimate of drug-likeness (QED) is 0.455. The smallest absolute Gasteiger partial charge is 0.181 e. The van der Waals surface area contributed by atoms with Crippen molar-refractivity contribution in [3.8, 4) is 0 Å². The van der Waals surface area contributed by atoms with Crippen LogP contribution in [0.4, 0.5) is 0 Å². The maximum Gasteiger partial charge on any atom is 0.181 e. The van der Waals surface area contributed by atoms with Crippen molar-refractivity contribution in [1.82, 2.24) is 9.78 Å². The molecule has 2 heterocycles. The van der Waals surface area contributed by atoms with E-state index in [9.17, 15) is 15.3 Å². The predicted molar refractivity (Wildman–Crippen MR) is 101 cm³/mol. The summed E-state index contributed by atoms with van der Waals surface area (Å²) in [4.78, 5) is 4.14. The minimum Gasteiger partial charge on any atom is -0.390 e. The van der Waals surface area contributed by atoms with E-state index in [4.69, 9.17) is 17.4 Å². The number of hydrogen-bond acceptors (Lipinski definition) is 6. The Morgan fingerprint density at radius 3 is 2.67 bits per heavy atom. The first-order valence-electron chi connectivity index (χ1n) is 8.68. The molecule has 27 heavy (non-hydrogen) atoms. The fourth-order valence-electron chi connectivity index (χ4n) is 3.96. The van der Waals surface area contributed by atoms with E-state index >= 15 is 0 Å². The van der Waals surface area contributed by atoms with Gasteiger partial charge in [0.15, 0.2) is 5.84 Å². The molecule has 1 saturated carbocycles. The first kappa shape index (κ1) is 18.1. The summed E-state index contributed by atoms with van der Waals surface area (Å²) >= 11 is 5.90. The van der Waals surface area contributed by atoms with Gasteiger partial charge in [0, 0.05) is 23.6 Å². The number of nitrogens with zero attached hydrogens (tertiary/aromatic N) is 4. The number of aliphatic hydroxyl groups excluding tert-OH is 3. The van der Waals surface area contributed by atoms with Gasteiger partial charge in [-0.2, -0.15) is 10.2 Å². The van der Waals surface area contributed by atoms with E-state index in [1.807, 2.05) is 0 Å². The van der Waals surface area contributed by atoms with Crippen LogP contribution in [0.2, 0.25) is 5.02 Å². The van der Waals surface area contributed by atoms with E-state index in [0.29, 0.717) is 34.8 Å². The summed E-state index contributed by atoms with van der Waals surface area (Å²) < 4.78 is 1.69. The summed E-state index contributed by atoms with van der Waals surface area (Å²) in [7, 11) is 0. The van der Waals surface area contributed by atoms with E-state index < -0.39 is 30.3 Å². The maximum absolute atomic E-state index is 10.7. The van der Waals surface area contributed by atoms with Crippen molar-refractivity contribution in [1.29, 1.82) is 0 Å². The van der Waals surface area contributed by atoms with Crippen LogP contribution in [0.15, 0.2) is 40.6 Å². The third-order valence-electron chi connectivity index (χ3n) is 5.39. The fourth-order valence-corrected chi connectivity index (χ4v) is 4.09. The zero-order chi connectivity index (χ0) is 19.1. The Labute approximate surface area is 160 Å². The summed E-state index contributed by atoms with van der Waals surface area (Å²) in [6.07, 6.45) is 1.12. The highest BCUT2D eigenvalue weighted by molar-refractivity contribution is 6.30. The molecule has 9 heteroatoms. The zero-order valence-corrected chi connectivity index (χ0v) is 15.1. The van der Waals surface area contributed by atoms with Crippen LogP contribution in [0.3, 0.4) is 0 Å². The molecule has 0 radical (unpaired) electrons. The normalized spacial score (nSPS) is 29.9. The van der Waals surface area contributed by atoms with Crippen molar-refractivity contribution in [2.24, 2.45) is 21.9 Å². The lowest BCUT2D eigenvalue weighted by Crippen LogP contribution is -2.32. The predicted octanol–water partition coefficient (Wildman–Crippen LogP) is 0.800. The molecule has 1 aromatic carbocycles. The Kier molecular flexibility index (Phi) is 4.73. The number of halogens is 1. The number of hydrazone groups is 1. The standard InChI is InChI=1S/C18H20ClN5O3/c19-10-3-1-9(2-4-10)15(25)11-7-14(17(27)16(11)26)24-13-5-6-21-18(23-20)12(13)8-22-24/h1-4,6,8,11,14-17,25-27H,5,7,20H2/b23-18+/t11-,14-,15-,16-,17+/m1/s1. The van der Waals surface area contributed by atoms with Crippen LogP contribution in [-0.4, -0.2) is 49.4 Å². The van der Waals surface area contributed by atoms with Gasteiger partial charge in [0.25, 0.3) is 0 Å². The van der Waals surface area contributed by atoms with Crippen molar-refractivity contribution in [3.05, 3.63) is 52.3 Å². The maximum atomic E-state index is 10.7. The first-order valence-corrected chi connectivity index (χ1v) is 9.06. The lowest BCUT2D eigenvalue weighted by Gasteiger charge is -2.22. The van der Waals surface area contributed by atoms with E-state index in [0.717, 1.165) is 5.69 Å². The van der Waals surface area contributed by atoms with Crippen molar-refractivity contribution in [3.63, 3.8) is 0 Å². The summed E-state index contributed by atoms with van der Waals surface area (Å²) in [5, 5.41) is 40.5. The topological polar surface area (TPSA) is 129 Å². The molecule has 142 valence electrons. The van der Waals surface area contributed by atoms with Gasteiger partial charge in [0.2, 0.25) is 0 Å². The number of aliphatic hydroxyl groups is 3. The highest BCUT2D eigenvalue weighted by atomic mass is 35.5. The third-order valence-corrected chi connectivity index (χ3v) is 5.64. The Morgan fingerprint density at radius 2 is 1.96 bits per heavy atom. The minimum absolute atomic E-state index is 0.368. The van der Waals surface area contributed by atoms with E-state index in [2.05, 4.69) is 15.2 Å². The van der Waals surface area contributed by atoms with Crippen LogP contribution in [0.25, 0.3) is 0 Å². The monoisotopic (exact) mass is 389 g/mol. The summed E-state index contributed by atoms with van der Waals surface area (Å²) in [6, 6.07) is 6.34. The van der Waals surface area contributed by atoms with Crippen molar-refractivity contribution in [2.75, 3.05) is 0 Å². The Bertz CT molecular complexity index is 895. The molecule has 1 aliphatic heterocycles. The van der Waals surface area contributed by atoms with E-state index in [1.165, 1.54) is 0 Å². The van der Waals surface area contributed by atoms with E-state index in [-0.39, 0.29) is 0 Å². The van der Waals surface area contributed by atoms with Crippen LogP contribution >= 0.6 is 11.6 Å². The molecule has 5 atom stereocenters. The van der Waals surface area contributed by atoms with E-state index in [1.54, 1.807) is 41.4 Å². The number of aliphatic imine (C=N–C) groups is 1. The lowest BCUT2D eigenvalue weighted by molar-refractivity contribution is -0.0274. The van der Waals surface area contributed by atoms with Gasteiger partial charge in [-0.3, -0.25) is 4.68 Å². The number of aromatic nitrogens is 2. The van der Waals surface area contributed by atoms with Crippen LogP contribution in [0, 0.1) is 5.92 Å². The number of amidine groups is 1. The van der Waals surface area contributed by atoms with Gasteiger partial charge in [-0.1, -0.05) is 23.7 Å². The Morgan fingerprint density at radius 1 is 1.22 bits per heavy atom. The van der Waals surface area contributed by atoms with Crippen LogP contribution in [-0.2, 0) is 6.42 Å². The highest BCUT2D eigenvalue weighted by Crippen LogP contribution is 2.42. The molecule has 1 aromatic heterocycles. The summed E-state index contributed by atoms with van der Waals surface area (Å²) in [5.41, 5.74) is 2.18. The molecule has 0 amide bonds. The van der Waals surface area contributed by atoms with Gasteiger partial charge >= 0.3 is 0 Å². The van der Waals surface area contributed by atoms with Crippen molar-refractivity contribution >= 4 is 23.7 Å². The molecule has 0 bridgehead atoms. The fraction of sp³-hybridized carbons (Fsp3) is 0.389. The van der Waals surface area contributed by atoms with Gasteiger partial charge in [-0.25, -0.2) is 4.99 Å². The second kappa shape index (κ2) is 7.05. The average Bonchev–Trinajstić information content (AvgIpc) is 3.23. The molecular formula is C18H20ClN5O3. The molecule has 0 saturated heterocycles. The Hall–Kier alpha value is -2.26. The van der Waals surface area contributed by atoms with Gasteiger partial charge in [0.05, 0.1) is 35.7 Å². The SMILES string of the molecule is N/N=C1/N=CCc2c1cnn2[C@@H]1C[C@H]([C@H](O)c2ccc(Cl)cc2)[C@@H](O)[C@H]1O. The third kappa shape index (κ3) is 3.04. The number of rotatable bonds is 3. The lowest BCUT2D eigenvalue weighted by atomic mass is 9.92. The van der Waals surface area contributed by atoms with Gasteiger partial charge in [-0.15, -0.1) is 0 Å². The minimum atomic E-state index is -1.08. The molecule has 1 fully saturated rings. The molecular weight excluding hydrogens is 370 g/mol. The molecule has 2 aromatic rings. The van der Waals surface area contributed by atoms with Crippen LogP contribution in [0.5, 0.6) is 0 Å². The number of fused-ring (bicyclic) bond motifs is 1. The number of benzene rings is 1. The first-order chi connectivity index (χ1) is 13.0. The molecule has 2 aliphatic rings. The Balaban J connectivity index is 1.62. The van der Waals surface area contributed by atoms with Crippen LogP contribution < -0.4 is 5.84 Å². The molecule has 8 nitrogen and oxygen atoms in total. The number of nitrogens with two attached hydrogens (primary N) is 1. The molecule has 0 spiro atoms. The largest absolute Gasteiger partial charge is 0.390 e. The second-order valence-corrected chi connectivity index (χ2v) is 7.30. The molecule has 5 N–H and O–H groups in total. The molecule has 1 aliphatic carbocycles. The van der Waals surface area contributed by atoms with Gasteiger partial charge in [-0.05, 0) is 24.1 Å². The number of hydrogen-bond donors (Lipinski definition) is 4. The van der Waals surface area contributed by atoms with Gasteiger partial charge in [0.1, 0.15) is 6.10 Å². The highest BCUT2D eigenvalue weighted by Gasteiger charge is 2.47. The van der Waals surface area contributed by atoms with Crippen molar-refractivity contribution in [2.45, 2.75) is 37.2 Å². The molecule has 0 unspecified atom stereocenters.